The zero-order valence-corrected chi connectivity index (χ0v) is 15.8. The van der Waals surface area contributed by atoms with Crippen LogP contribution in [0.4, 0.5) is 0 Å². The highest BCUT2D eigenvalue weighted by molar-refractivity contribution is 5.80. The summed E-state index contributed by atoms with van der Waals surface area (Å²) in [4.78, 5) is 9.73. The number of hydrogen-bond donors (Lipinski definition) is 1. The van der Waals surface area contributed by atoms with Crippen LogP contribution in [0.15, 0.2) is 4.99 Å². The van der Waals surface area contributed by atoms with Crippen LogP contribution >= 0.6 is 0 Å². The first-order chi connectivity index (χ1) is 12.3. The molecular formula is C18H34N4O3. The normalized spacial score (nSPS) is 30.5. The molecule has 3 fully saturated rings. The third kappa shape index (κ3) is 5.29. The molecule has 0 saturated carbocycles. The van der Waals surface area contributed by atoms with Crippen LogP contribution in [-0.4, -0.2) is 99.7 Å². The predicted molar refractivity (Wildman–Crippen MR) is 98.1 cm³/mol. The lowest BCUT2D eigenvalue weighted by molar-refractivity contribution is -0.0817. The van der Waals surface area contributed by atoms with Gasteiger partial charge >= 0.3 is 0 Å². The Morgan fingerprint density at radius 3 is 2.64 bits per heavy atom. The maximum absolute atomic E-state index is 5.97. The molecule has 0 aromatic rings. The maximum atomic E-state index is 5.97. The number of morpholine rings is 2. The largest absolute Gasteiger partial charge is 0.379 e. The Balaban J connectivity index is 1.56. The molecule has 0 amide bonds. The summed E-state index contributed by atoms with van der Waals surface area (Å²) in [6.45, 7) is 13.1. The summed E-state index contributed by atoms with van der Waals surface area (Å²) >= 11 is 0. The predicted octanol–water partition coefficient (Wildman–Crippen LogP) is 0.552. The van der Waals surface area contributed by atoms with Crippen molar-refractivity contribution in [2.45, 2.75) is 44.9 Å². The zero-order chi connectivity index (χ0) is 17.5. The molecule has 0 aromatic carbocycles. The molecule has 3 unspecified atom stereocenters. The van der Waals surface area contributed by atoms with Crippen molar-refractivity contribution < 1.29 is 14.2 Å². The fourth-order valence-electron chi connectivity index (χ4n) is 3.77. The fraction of sp³-hybridized carbons (Fsp3) is 0.944. The van der Waals surface area contributed by atoms with Crippen molar-refractivity contribution in [1.29, 1.82) is 0 Å². The van der Waals surface area contributed by atoms with Gasteiger partial charge in [0.15, 0.2) is 5.96 Å². The van der Waals surface area contributed by atoms with E-state index < -0.39 is 0 Å². The second kappa shape index (κ2) is 9.71. The summed E-state index contributed by atoms with van der Waals surface area (Å²) < 4.78 is 17.2. The van der Waals surface area contributed by atoms with E-state index in [1.165, 1.54) is 0 Å². The molecule has 7 nitrogen and oxygen atoms in total. The smallest absolute Gasteiger partial charge is 0.194 e. The molecular weight excluding hydrogens is 320 g/mol. The Hall–Kier alpha value is -0.890. The SMILES string of the molecule is CCNC(=NCC(C)N1CCOCC1)N1CCOC(C2CCCO2)C1. The number of rotatable bonds is 5. The number of aliphatic imine (C=N–C) groups is 1. The van der Waals surface area contributed by atoms with Gasteiger partial charge in [-0.1, -0.05) is 0 Å². The van der Waals surface area contributed by atoms with E-state index in [4.69, 9.17) is 19.2 Å². The van der Waals surface area contributed by atoms with E-state index in [1.54, 1.807) is 0 Å². The van der Waals surface area contributed by atoms with Crippen molar-refractivity contribution in [1.82, 2.24) is 15.1 Å². The highest BCUT2D eigenvalue weighted by Gasteiger charge is 2.32. The van der Waals surface area contributed by atoms with Gasteiger partial charge in [0, 0.05) is 45.4 Å². The third-order valence-electron chi connectivity index (χ3n) is 5.28. The molecule has 0 aromatic heterocycles. The van der Waals surface area contributed by atoms with Gasteiger partial charge in [0.2, 0.25) is 0 Å². The van der Waals surface area contributed by atoms with Gasteiger partial charge in [-0.15, -0.1) is 0 Å². The molecule has 3 heterocycles. The van der Waals surface area contributed by atoms with Gasteiger partial charge in [-0.3, -0.25) is 9.89 Å². The van der Waals surface area contributed by atoms with Crippen LogP contribution in [0.5, 0.6) is 0 Å². The van der Waals surface area contributed by atoms with E-state index in [-0.39, 0.29) is 12.2 Å². The average molecular weight is 354 g/mol. The zero-order valence-electron chi connectivity index (χ0n) is 15.8. The molecule has 3 saturated heterocycles. The Morgan fingerprint density at radius 2 is 1.92 bits per heavy atom. The van der Waals surface area contributed by atoms with Crippen LogP contribution in [0.1, 0.15) is 26.7 Å². The highest BCUT2D eigenvalue weighted by Crippen LogP contribution is 2.21. The van der Waals surface area contributed by atoms with E-state index in [1.807, 2.05) is 0 Å². The summed E-state index contributed by atoms with van der Waals surface area (Å²) in [6, 6.07) is 0.438. The van der Waals surface area contributed by atoms with Crippen molar-refractivity contribution in [3.63, 3.8) is 0 Å². The van der Waals surface area contributed by atoms with Crippen molar-refractivity contribution in [2.75, 3.05) is 65.7 Å². The lowest BCUT2D eigenvalue weighted by Gasteiger charge is -2.37. The quantitative estimate of drug-likeness (QED) is 0.575. The second-order valence-electron chi connectivity index (χ2n) is 7.10. The average Bonchev–Trinajstić information content (AvgIpc) is 3.20. The van der Waals surface area contributed by atoms with Gasteiger partial charge in [0.1, 0.15) is 6.10 Å². The van der Waals surface area contributed by atoms with Crippen molar-refractivity contribution in [3.8, 4) is 0 Å². The van der Waals surface area contributed by atoms with Crippen LogP contribution in [0.25, 0.3) is 0 Å². The van der Waals surface area contributed by atoms with Gasteiger partial charge in [-0.2, -0.15) is 0 Å². The first kappa shape index (κ1) is 18.9. The lowest BCUT2D eigenvalue weighted by atomic mass is 10.1. The minimum Gasteiger partial charge on any atom is -0.379 e. The third-order valence-corrected chi connectivity index (χ3v) is 5.28. The van der Waals surface area contributed by atoms with Gasteiger partial charge in [0.25, 0.3) is 0 Å². The van der Waals surface area contributed by atoms with Crippen LogP contribution in [0, 0.1) is 0 Å². The van der Waals surface area contributed by atoms with Crippen molar-refractivity contribution in [2.24, 2.45) is 4.99 Å². The molecule has 0 aliphatic carbocycles. The Kier molecular flexibility index (Phi) is 7.34. The van der Waals surface area contributed by atoms with Crippen LogP contribution in [0.3, 0.4) is 0 Å². The maximum Gasteiger partial charge on any atom is 0.194 e. The molecule has 25 heavy (non-hydrogen) atoms. The monoisotopic (exact) mass is 354 g/mol. The number of nitrogens with zero attached hydrogens (tertiary/aromatic N) is 3. The Labute approximate surface area is 151 Å². The summed E-state index contributed by atoms with van der Waals surface area (Å²) in [5.41, 5.74) is 0. The summed E-state index contributed by atoms with van der Waals surface area (Å²) in [7, 11) is 0. The van der Waals surface area contributed by atoms with Gasteiger partial charge in [-0.05, 0) is 26.7 Å². The topological polar surface area (TPSA) is 58.6 Å². The molecule has 0 radical (unpaired) electrons. The first-order valence-corrected chi connectivity index (χ1v) is 9.86. The van der Waals surface area contributed by atoms with E-state index in [0.717, 1.165) is 84.5 Å². The standard InChI is InChI=1S/C18H34N4O3/c1-3-19-18(20-13-15(2)21-6-10-23-11-7-21)22-8-12-25-17(14-22)16-5-4-9-24-16/h15-17H,3-14H2,1-2H3,(H,19,20). The Morgan fingerprint density at radius 1 is 1.12 bits per heavy atom. The Bertz CT molecular complexity index is 423. The van der Waals surface area contributed by atoms with Gasteiger partial charge in [0.05, 0.1) is 32.5 Å². The molecule has 3 atom stereocenters. The first-order valence-electron chi connectivity index (χ1n) is 9.86. The molecule has 3 rings (SSSR count). The van der Waals surface area contributed by atoms with Crippen molar-refractivity contribution >= 4 is 5.96 Å². The van der Waals surface area contributed by atoms with Gasteiger partial charge in [-0.25, -0.2) is 0 Å². The minimum atomic E-state index is 0.164. The molecule has 0 spiro atoms. The van der Waals surface area contributed by atoms with Crippen LogP contribution in [0.2, 0.25) is 0 Å². The molecule has 144 valence electrons. The summed E-state index contributed by atoms with van der Waals surface area (Å²) in [5.74, 6) is 1.01. The summed E-state index contributed by atoms with van der Waals surface area (Å²) in [6.07, 6.45) is 2.67. The second-order valence-corrected chi connectivity index (χ2v) is 7.10. The lowest BCUT2D eigenvalue weighted by Crippen LogP contribution is -2.53. The van der Waals surface area contributed by atoms with Crippen LogP contribution < -0.4 is 5.32 Å². The number of guanidine groups is 1. The molecule has 1 N–H and O–H groups in total. The van der Waals surface area contributed by atoms with E-state index in [2.05, 4.69) is 29.0 Å². The van der Waals surface area contributed by atoms with E-state index in [0.29, 0.717) is 6.04 Å². The summed E-state index contributed by atoms with van der Waals surface area (Å²) in [5, 5.41) is 3.46. The number of nitrogens with one attached hydrogen (secondary N) is 1. The van der Waals surface area contributed by atoms with Crippen molar-refractivity contribution in [3.05, 3.63) is 0 Å². The van der Waals surface area contributed by atoms with E-state index >= 15 is 0 Å². The van der Waals surface area contributed by atoms with Crippen LogP contribution in [-0.2, 0) is 14.2 Å². The fourth-order valence-corrected chi connectivity index (χ4v) is 3.77. The number of hydrogen-bond acceptors (Lipinski definition) is 5. The molecule has 7 heteroatoms. The molecule has 0 bridgehead atoms. The number of ether oxygens (including phenoxy) is 3. The molecule has 3 aliphatic heterocycles. The molecule has 3 aliphatic rings. The highest BCUT2D eigenvalue weighted by atomic mass is 16.5. The van der Waals surface area contributed by atoms with Gasteiger partial charge < -0.3 is 24.4 Å². The minimum absolute atomic E-state index is 0.164. The van der Waals surface area contributed by atoms with E-state index in [9.17, 15) is 0 Å².